The van der Waals surface area contributed by atoms with Crippen LogP contribution in [0.25, 0.3) is 0 Å². The summed E-state index contributed by atoms with van der Waals surface area (Å²) in [5, 5.41) is 9.33. The molecule has 0 amide bonds. The van der Waals surface area contributed by atoms with Gasteiger partial charge in [0.1, 0.15) is 6.29 Å². The van der Waals surface area contributed by atoms with Crippen LogP contribution in [0, 0.1) is 0 Å². The molecule has 0 radical (unpaired) electrons. The first kappa shape index (κ1) is 12.3. The van der Waals surface area contributed by atoms with Crippen LogP contribution in [0.2, 0.25) is 0 Å². The lowest BCUT2D eigenvalue weighted by atomic mass is 10.0. The van der Waals surface area contributed by atoms with Crippen molar-refractivity contribution < 1.29 is 9.90 Å². The van der Waals surface area contributed by atoms with E-state index < -0.39 is 0 Å². The van der Waals surface area contributed by atoms with Crippen LogP contribution in [0.15, 0.2) is 24.3 Å². The first-order valence-corrected chi connectivity index (χ1v) is 6.22. The molecule has 1 aromatic rings. The van der Waals surface area contributed by atoms with Gasteiger partial charge in [0.25, 0.3) is 0 Å². The van der Waals surface area contributed by atoms with Crippen molar-refractivity contribution in [2.45, 2.75) is 31.8 Å². The van der Waals surface area contributed by atoms with Crippen LogP contribution in [0.5, 0.6) is 0 Å². The number of aliphatic hydroxyl groups is 1. The Bertz CT molecular complexity index is 361. The Morgan fingerprint density at radius 3 is 2.71 bits per heavy atom. The third-order valence-corrected chi connectivity index (χ3v) is 3.46. The molecule has 92 valence electrons. The van der Waals surface area contributed by atoms with Gasteiger partial charge >= 0.3 is 0 Å². The van der Waals surface area contributed by atoms with E-state index in [-0.39, 0.29) is 6.61 Å². The van der Waals surface area contributed by atoms with Crippen LogP contribution in [-0.4, -0.2) is 35.5 Å². The van der Waals surface area contributed by atoms with E-state index in [4.69, 9.17) is 0 Å². The normalized spacial score (nSPS) is 21.4. The van der Waals surface area contributed by atoms with E-state index in [0.717, 1.165) is 25.8 Å². The first-order valence-electron chi connectivity index (χ1n) is 6.22. The smallest absolute Gasteiger partial charge is 0.150 e. The fraction of sp³-hybridized carbons (Fsp3) is 0.500. The maximum Gasteiger partial charge on any atom is 0.150 e. The van der Waals surface area contributed by atoms with E-state index in [1.54, 1.807) is 0 Å². The molecule has 2 rings (SSSR count). The Hall–Kier alpha value is -1.19. The number of carbonyl (C=O) groups excluding carboxylic acids is 1. The minimum Gasteiger partial charge on any atom is -0.395 e. The maximum absolute atomic E-state index is 10.6. The zero-order valence-electron chi connectivity index (χ0n) is 10.0. The molecule has 0 aliphatic carbocycles. The molecule has 3 nitrogen and oxygen atoms in total. The molecule has 0 aromatic heterocycles. The topological polar surface area (TPSA) is 40.5 Å². The minimum absolute atomic E-state index is 0.242. The fourth-order valence-electron chi connectivity index (χ4n) is 2.41. The predicted octanol–water partition coefficient (Wildman–Crippen LogP) is 1.85. The molecule has 0 bridgehead atoms. The summed E-state index contributed by atoms with van der Waals surface area (Å²) in [7, 11) is 0. The third kappa shape index (κ3) is 3.14. The molecule has 1 aromatic carbocycles. The van der Waals surface area contributed by atoms with Gasteiger partial charge in [-0.3, -0.25) is 9.69 Å². The molecule has 17 heavy (non-hydrogen) atoms. The van der Waals surface area contributed by atoms with Crippen molar-refractivity contribution in [2.24, 2.45) is 0 Å². The van der Waals surface area contributed by atoms with Gasteiger partial charge in [0.15, 0.2) is 0 Å². The molecule has 1 atom stereocenters. The van der Waals surface area contributed by atoms with Gasteiger partial charge in [-0.05, 0) is 24.9 Å². The van der Waals surface area contributed by atoms with Crippen LogP contribution in [0.4, 0.5) is 0 Å². The van der Waals surface area contributed by atoms with Gasteiger partial charge in [-0.1, -0.05) is 30.7 Å². The second-order valence-corrected chi connectivity index (χ2v) is 4.66. The Kier molecular flexibility index (Phi) is 4.29. The highest BCUT2D eigenvalue weighted by Crippen LogP contribution is 2.19. The molecule has 1 aliphatic rings. The Labute approximate surface area is 102 Å². The summed E-state index contributed by atoms with van der Waals surface area (Å²) in [5.41, 5.74) is 1.92. The molecule has 0 saturated carbocycles. The van der Waals surface area contributed by atoms with E-state index in [9.17, 15) is 9.90 Å². The third-order valence-electron chi connectivity index (χ3n) is 3.46. The first-order chi connectivity index (χ1) is 8.33. The van der Waals surface area contributed by atoms with E-state index in [0.29, 0.717) is 11.6 Å². The molecular formula is C14H19NO2. The monoisotopic (exact) mass is 233 g/mol. The lowest BCUT2D eigenvalue weighted by molar-refractivity contribution is 0.0841. The average Bonchev–Trinajstić information content (AvgIpc) is 2.40. The number of aldehydes is 1. The van der Waals surface area contributed by atoms with Gasteiger partial charge < -0.3 is 5.11 Å². The number of carbonyl (C=O) groups is 1. The number of aliphatic hydroxyl groups excluding tert-OH is 1. The van der Waals surface area contributed by atoms with Crippen LogP contribution in [-0.2, 0) is 6.54 Å². The predicted molar refractivity (Wildman–Crippen MR) is 67.0 cm³/mol. The van der Waals surface area contributed by atoms with E-state index in [1.165, 1.54) is 18.4 Å². The molecule has 1 saturated heterocycles. The average molecular weight is 233 g/mol. The Morgan fingerprint density at radius 2 is 2.06 bits per heavy atom. The number of likely N-dealkylation sites (tertiary alicyclic amines) is 1. The van der Waals surface area contributed by atoms with Crippen LogP contribution in [0.1, 0.15) is 35.2 Å². The van der Waals surface area contributed by atoms with Gasteiger partial charge in [0.05, 0.1) is 6.61 Å². The minimum atomic E-state index is 0.242. The number of rotatable bonds is 4. The summed E-state index contributed by atoms with van der Waals surface area (Å²) in [5.74, 6) is 0. The van der Waals surface area contributed by atoms with Crippen LogP contribution in [0.3, 0.4) is 0 Å². The number of hydrogen-bond donors (Lipinski definition) is 1. The summed E-state index contributed by atoms with van der Waals surface area (Å²) in [6.07, 6.45) is 4.37. The lowest BCUT2D eigenvalue weighted by Gasteiger charge is -2.34. The van der Waals surface area contributed by atoms with Crippen molar-refractivity contribution >= 4 is 6.29 Å². The zero-order valence-corrected chi connectivity index (χ0v) is 10.0. The second kappa shape index (κ2) is 5.94. The standard InChI is InChI=1S/C14H19NO2/c16-10-13-6-4-12(5-7-13)9-15-8-2-1-3-14(15)11-17/h4-7,10,14,17H,1-3,8-9,11H2. The van der Waals surface area contributed by atoms with Crippen molar-refractivity contribution in [1.29, 1.82) is 0 Å². The summed E-state index contributed by atoms with van der Waals surface area (Å²) in [4.78, 5) is 12.9. The van der Waals surface area contributed by atoms with Crippen molar-refractivity contribution in [3.05, 3.63) is 35.4 Å². The molecule has 1 aliphatic heterocycles. The molecule has 1 heterocycles. The number of hydrogen-bond acceptors (Lipinski definition) is 3. The van der Waals surface area contributed by atoms with Gasteiger partial charge in [0, 0.05) is 18.2 Å². The van der Waals surface area contributed by atoms with Gasteiger partial charge in [-0.2, -0.15) is 0 Å². The SMILES string of the molecule is O=Cc1ccc(CN2CCCCC2CO)cc1. The number of nitrogens with zero attached hydrogens (tertiary/aromatic N) is 1. The van der Waals surface area contributed by atoms with E-state index in [1.807, 2.05) is 24.3 Å². The zero-order chi connectivity index (χ0) is 12.1. The molecule has 1 fully saturated rings. The van der Waals surface area contributed by atoms with Crippen molar-refractivity contribution in [3.8, 4) is 0 Å². The van der Waals surface area contributed by atoms with Crippen LogP contribution < -0.4 is 0 Å². The lowest BCUT2D eigenvalue weighted by Crippen LogP contribution is -2.41. The largest absolute Gasteiger partial charge is 0.395 e. The van der Waals surface area contributed by atoms with Gasteiger partial charge in [-0.15, -0.1) is 0 Å². The molecule has 0 spiro atoms. The summed E-state index contributed by atoms with van der Waals surface area (Å²) >= 11 is 0. The number of piperidine rings is 1. The Morgan fingerprint density at radius 1 is 1.29 bits per heavy atom. The maximum atomic E-state index is 10.6. The fourth-order valence-corrected chi connectivity index (χ4v) is 2.41. The Balaban J connectivity index is 2.00. The summed E-state index contributed by atoms with van der Waals surface area (Å²) in [6.45, 7) is 2.16. The second-order valence-electron chi connectivity index (χ2n) is 4.66. The molecule has 1 unspecified atom stereocenters. The molecule has 3 heteroatoms. The van der Waals surface area contributed by atoms with E-state index in [2.05, 4.69) is 4.90 Å². The summed E-state index contributed by atoms with van der Waals surface area (Å²) < 4.78 is 0. The van der Waals surface area contributed by atoms with E-state index >= 15 is 0 Å². The highest BCUT2D eigenvalue weighted by Gasteiger charge is 2.21. The quantitative estimate of drug-likeness (QED) is 0.807. The van der Waals surface area contributed by atoms with Gasteiger partial charge in [0.2, 0.25) is 0 Å². The van der Waals surface area contributed by atoms with Gasteiger partial charge in [-0.25, -0.2) is 0 Å². The van der Waals surface area contributed by atoms with Crippen molar-refractivity contribution in [1.82, 2.24) is 4.90 Å². The summed E-state index contributed by atoms with van der Waals surface area (Å²) in [6, 6.07) is 7.98. The highest BCUT2D eigenvalue weighted by molar-refractivity contribution is 5.74. The number of benzene rings is 1. The van der Waals surface area contributed by atoms with Crippen LogP contribution >= 0.6 is 0 Å². The van der Waals surface area contributed by atoms with Crippen molar-refractivity contribution in [3.63, 3.8) is 0 Å². The molecule has 1 N–H and O–H groups in total. The highest BCUT2D eigenvalue weighted by atomic mass is 16.3. The van der Waals surface area contributed by atoms with Crippen molar-refractivity contribution in [2.75, 3.05) is 13.2 Å². The molecular weight excluding hydrogens is 214 g/mol.